The molecule has 0 bridgehead atoms. The monoisotopic (exact) mass is 232 g/mol. The Bertz CT molecular complexity index is 316. The number of nitrogens with zero attached hydrogens (tertiary/aromatic N) is 2. The zero-order chi connectivity index (χ0) is 9.14. The Morgan fingerprint density at radius 3 is 2.75 bits per heavy atom. The van der Waals surface area contributed by atoms with Crippen molar-refractivity contribution in [2.75, 3.05) is 0 Å². The molecule has 64 valence electrons. The molecule has 0 aromatic carbocycles. The van der Waals surface area contributed by atoms with Crippen LogP contribution in [0.1, 0.15) is 5.56 Å². The van der Waals surface area contributed by atoms with Crippen LogP contribution in [0.3, 0.4) is 0 Å². The average molecular weight is 233 g/mol. The zero-order valence-corrected chi connectivity index (χ0v) is 7.48. The van der Waals surface area contributed by atoms with Gasteiger partial charge in [0.1, 0.15) is 11.9 Å². The van der Waals surface area contributed by atoms with Crippen molar-refractivity contribution in [1.29, 1.82) is 0 Å². The Labute approximate surface area is 76.3 Å². The van der Waals surface area contributed by atoms with Crippen molar-refractivity contribution in [2.45, 2.75) is 5.33 Å². The highest BCUT2D eigenvalue weighted by Crippen LogP contribution is 2.27. The molecule has 1 aromatic rings. The van der Waals surface area contributed by atoms with E-state index in [9.17, 15) is 10.1 Å². The van der Waals surface area contributed by atoms with Crippen LogP contribution in [0.25, 0.3) is 0 Å². The smallest absolute Gasteiger partial charge is 0.295 e. The van der Waals surface area contributed by atoms with E-state index in [0.717, 1.165) is 6.20 Å². The molecular weight excluding hydrogens is 228 g/mol. The number of hydrogen-bond donors (Lipinski definition) is 1. The maximum absolute atomic E-state index is 10.4. The third-order valence-electron chi connectivity index (χ3n) is 1.34. The van der Waals surface area contributed by atoms with Gasteiger partial charge in [-0.2, -0.15) is 0 Å². The second-order valence-electron chi connectivity index (χ2n) is 2.05. The van der Waals surface area contributed by atoms with E-state index in [1.54, 1.807) is 0 Å². The lowest BCUT2D eigenvalue weighted by atomic mass is 10.2. The van der Waals surface area contributed by atoms with Crippen molar-refractivity contribution in [3.05, 3.63) is 28.1 Å². The molecule has 0 amide bonds. The first kappa shape index (κ1) is 8.92. The highest BCUT2D eigenvalue weighted by Gasteiger charge is 2.16. The normalized spacial score (nSPS) is 9.75. The van der Waals surface area contributed by atoms with E-state index in [4.69, 9.17) is 5.11 Å². The van der Waals surface area contributed by atoms with E-state index in [0.29, 0.717) is 0 Å². The van der Waals surface area contributed by atoms with Gasteiger partial charge in [0.05, 0.1) is 16.7 Å². The maximum Gasteiger partial charge on any atom is 0.295 e. The van der Waals surface area contributed by atoms with E-state index in [-0.39, 0.29) is 22.3 Å². The van der Waals surface area contributed by atoms with E-state index < -0.39 is 4.92 Å². The highest BCUT2D eigenvalue weighted by molar-refractivity contribution is 9.08. The first-order chi connectivity index (χ1) is 5.66. The van der Waals surface area contributed by atoms with Crippen molar-refractivity contribution in [1.82, 2.24) is 4.98 Å². The number of aromatic hydroxyl groups is 1. The number of hydrogen-bond acceptors (Lipinski definition) is 4. The Kier molecular flexibility index (Phi) is 2.59. The second-order valence-corrected chi connectivity index (χ2v) is 2.61. The molecule has 12 heavy (non-hydrogen) atoms. The van der Waals surface area contributed by atoms with Gasteiger partial charge < -0.3 is 5.11 Å². The van der Waals surface area contributed by atoms with E-state index >= 15 is 0 Å². The van der Waals surface area contributed by atoms with Crippen LogP contribution in [0.5, 0.6) is 5.75 Å². The molecule has 5 nitrogen and oxygen atoms in total. The molecule has 0 fully saturated rings. The molecule has 0 saturated carbocycles. The summed E-state index contributed by atoms with van der Waals surface area (Å²) in [5.41, 5.74) is 0.0712. The Hall–Kier alpha value is -1.17. The molecular formula is C6H5BrN2O3. The molecule has 0 aliphatic carbocycles. The van der Waals surface area contributed by atoms with Gasteiger partial charge in [-0.15, -0.1) is 0 Å². The van der Waals surface area contributed by atoms with Gasteiger partial charge in [0.25, 0.3) is 5.69 Å². The molecule has 6 heteroatoms. The van der Waals surface area contributed by atoms with Crippen LogP contribution < -0.4 is 0 Å². The summed E-state index contributed by atoms with van der Waals surface area (Å²) >= 11 is 3.04. The Balaban J connectivity index is 3.27. The van der Waals surface area contributed by atoms with Gasteiger partial charge >= 0.3 is 0 Å². The largest absolute Gasteiger partial charge is 0.506 e. The lowest BCUT2D eigenvalue weighted by molar-refractivity contribution is -0.385. The number of aromatic nitrogens is 1. The standard InChI is InChI=1S/C6H5BrN2O3/c7-1-4-5(9(11)12)2-8-3-6(4)10/h2-3,10H,1H2. The van der Waals surface area contributed by atoms with Gasteiger partial charge in [0.2, 0.25) is 0 Å². The lowest BCUT2D eigenvalue weighted by Gasteiger charge is -1.99. The minimum Gasteiger partial charge on any atom is -0.506 e. The fraction of sp³-hybridized carbons (Fsp3) is 0.167. The second kappa shape index (κ2) is 3.48. The number of nitro groups is 1. The topological polar surface area (TPSA) is 76.3 Å². The molecule has 1 aromatic heterocycles. The molecule has 0 aliphatic heterocycles. The molecule has 0 saturated heterocycles. The first-order valence-electron chi connectivity index (χ1n) is 3.03. The fourth-order valence-corrected chi connectivity index (χ4v) is 1.33. The lowest BCUT2D eigenvalue weighted by Crippen LogP contribution is -1.94. The van der Waals surface area contributed by atoms with Crippen LogP contribution in [-0.4, -0.2) is 15.0 Å². The van der Waals surface area contributed by atoms with Crippen LogP contribution in [0.2, 0.25) is 0 Å². The van der Waals surface area contributed by atoms with Crippen LogP contribution in [0.4, 0.5) is 5.69 Å². The van der Waals surface area contributed by atoms with Crippen molar-refractivity contribution in [3.8, 4) is 5.75 Å². The summed E-state index contributed by atoms with van der Waals surface area (Å²) in [6, 6.07) is 0. The van der Waals surface area contributed by atoms with Gasteiger partial charge in [-0.25, -0.2) is 0 Å². The third-order valence-corrected chi connectivity index (χ3v) is 1.90. The summed E-state index contributed by atoms with van der Waals surface area (Å²) < 4.78 is 0. The predicted octanol–water partition coefficient (Wildman–Crippen LogP) is 1.59. The SMILES string of the molecule is O=[N+]([O-])c1cncc(O)c1CBr. The maximum atomic E-state index is 10.4. The van der Waals surface area contributed by atoms with Gasteiger partial charge in [-0.1, -0.05) is 15.9 Å². The summed E-state index contributed by atoms with van der Waals surface area (Å²) in [5, 5.41) is 19.7. The summed E-state index contributed by atoms with van der Waals surface area (Å²) in [7, 11) is 0. The summed E-state index contributed by atoms with van der Waals surface area (Å²) in [4.78, 5) is 13.3. The molecule has 1 N–H and O–H groups in total. The van der Waals surface area contributed by atoms with Gasteiger partial charge in [-0.3, -0.25) is 15.1 Å². The minimum atomic E-state index is -0.580. The van der Waals surface area contributed by atoms with Crippen molar-refractivity contribution in [3.63, 3.8) is 0 Å². The highest BCUT2D eigenvalue weighted by atomic mass is 79.9. The molecule has 1 rings (SSSR count). The zero-order valence-electron chi connectivity index (χ0n) is 5.90. The van der Waals surface area contributed by atoms with E-state index in [1.165, 1.54) is 6.20 Å². The molecule has 0 atom stereocenters. The molecule has 0 radical (unpaired) electrons. The number of rotatable bonds is 2. The summed E-state index contributed by atoms with van der Waals surface area (Å²) in [6.07, 6.45) is 2.28. The molecule has 0 spiro atoms. The summed E-state index contributed by atoms with van der Waals surface area (Å²) in [6.45, 7) is 0. The van der Waals surface area contributed by atoms with Crippen LogP contribution >= 0.6 is 15.9 Å². The number of pyridine rings is 1. The predicted molar refractivity (Wildman–Crippen MR) is 45.2 cm³/mol. The van der Waals surface area contributed by atoms with Gasteiger partial charge in [0.15, 0.2) is 0 Å². The van der Waals surface area contributed by atoms with Crippen molar-refractivity contribution < 1.29 is 10.0 Å². The fourth-order valence-electron chi connectivity index (χ4n) is 0.760. The number of halogens is 1. The minimum absolute atomic E-state index is 0.166. The van der Waals surface area contributed by atoms with E-state index in [1.807, 2.05) is 0 Å². The van der Waals surface area contributed by atoms with Crippen LogP contribution in [0, 0.1) is 10.1 Å². The third kappa shape index (κ3) is 1.53. The van der Waals surface area contributed by atoms with Crippen molar-refractivity contribution >= 4 is 21.6 Å². The van der Waals surface area contributed by atoms with Gasteiger partial charge in [0, 0.05) is 5.33 Å². The average Bonchev–Trinajstić information content (AvgIpc) is 2.03. The quantitative estimate of drug-likeness (QED) is 0.478. The number of alkyl halides is 1. The van der Waals surface area contributed by atoms with Crippen LogP contribution in [0.15, 0.2) is 12.4 Å². The van der Waals surface area contributed by atoms with Crippen molar-refractivity contribution in [2.24, 2.45) is 0 Å². The molecule has 0 unspecified atom stereocenters. The Morgan fingerprint density at radius 2 is 2.33 bits per heavy atom. The Morgan fingerprint density at radius 1 is 1.67 bits per heavy atom. The van der Waals surface area contributed by atoms with E-state index in [2.05, 4.69) is 20.9 Å². The molecule has 1 heterocycles. The first-order valence-corrected chi connectivity index (χ1v) is 4.15. The molecule has 0 aliphatic rings. The summed E-state index contributed by atoms with van der Waals surface area (Å²) in [5.74, 6) is -0.166. The van der Waals surface area contributed by atoms with Gasteiger partial charge in [-0.05, 0) is 0 Å². The van der Waals surface area contributed by atoms with Crippen LogP contribution in [-0.2, 0) is 5.33 Å².